The maximum atomic E-state index is 5.55. The topological polar surface area (TPSA) is 21.3 Å². The molecule has 0 bridgehead atoms. The van der Waals surface area contributed by atoms with Crippen LogP contribution in [0.15, 0.2) is 11.4 Å². The van der Waals surface area contributed by atoms with Gasteiger partial charge in [-0.1, -0.05) is 0 Å². The van der Waals surface area contributed by atoms with Crippen molar-refractivity contribution in [1.82, 2.24) is 5.32 Å². The number of thiophene rings is 1. The molecule has 0 amide bonds. The summed E-state index contributed by atoms with van der Waals surface area (Å²) in [7, 11) is 1.81. The van der Waals surface area contributed by atoms with Crippen LogP contribution in [0.4, 0.5) is 0 Å². The van der Waals surface area contributed by atoms with Crippen molar-refractivity contribution in [2.75, 3.05) is 20.2 Å². The first-order valence-electron chi connectivity index (χ1n) is 4.55. The minimum Gasteiger partial charge on any atom is -0.375 e. The monoisotopic (exact) mass is 197 g/mol. The fraction of sp³-hybridized carbons (Fsp3) is 0.600. The standard InChI is InChI=1S/C10H15NOS/c1-8-3-4-13-9(8)5-10(12-2)6-11-7-10/h3-4,11H,5-7H2,1-2H3. The van der Waals surface area contributed by atoms with Crippen LogP contribution in [0.3, 0.4) is 0 Å². The molecule has 2 nitrogen and oxygen atoms in total. The number of rotatable bonds is 3. The van der Waals surface area contributed by atoms with E-state index >= 15 is 0 Å². The van der Waals surface area contributed by atoms with Gasteiger partial charge in [0, 0.05) is 31.5 Å². The summed E-state index contributed by atoms with van der Waals surface area (Å²) in [5.41, 5.74) is 1.48. The second-order valence-electron chi connectivity index (χ2n) is 3.69. The van der Waals surface area contributed by atoms with E-state index in [1.54, 1.807) is 0 Å². The summed E-state index contributed by atoms with van der Waals surface area (Å²) in [5.74, 6) is 0. The van der Waals surface area contributed by atoms with Gasteiger partial charge >= 0.3 is 0 Å². The van der Waals surface area contributed by atoms with Gasteiger partial charge in [0.25, 0.3) is 0 Å². The van der Waals surface area contributed by atoms with Gasteiger partial charge in [-0.2, -0.15) is 0 Å². The Balaban J connectivity index is 2.08. The normalized spacial score (nSPS) is 19.8. The van der Waals surface area contributed by atoms with Crippen molar-refractivity contribution in [2.45, 2.75) is 18.9 Å². The van der Waals surface area contributed by atoms with E-state index in [0.717, 1.165) is 19.5 Å². The zero-order valence-corrected chi connectivity index (χ0v) is 8.91. The highest BCUT2D eigenvalue weighted by Crippen LogP contribution is 2.26. The zero-order chi connectivity index (χ0) is 9.31. The van der Waals surface area contributed by atoms with Crippen LogP contribution in [0.25, 0.3) is 0 Å². The lowest BCUT2D eigenvalue weighted by atomic mass is 9.91. The fourth-order valence-corrected chi connectivity index (χ4v) is 2.66. The molecule has 1 fully saturated rings. The van der Waals surface area contributed by atoms with Gasteiger partial charge in [0.2, 0.25) is 0 Å². The summed E-state index contributed by atoms with van der Waals surface area (Å²) < 4.78 is 5.55. The SMILES string of the molecule is COC1(Cc2sccc2C)CNC1. The van der Waals surface area contributed by atoms with Crippen LogP contribution in [-0.4, -0.2) is 25.8 Å². The molecule has 1 aromatic heterocycles. The smallest absolute Gasteiger partial charge is 0.0973 e. The molecule has 1 aromatic rings. The minimum atomic E-state index is 0.0790. The summed E-state index contributed by atoms with van der Waals surface area (Å²) in [6.07, 6.45) is 1.06. The molecule has 1 N–H and O–H groups in total. The van der Waals surface area contributed by atoms with E-state index in [1.807, 2.05) is 18.4 Å². The molecule has 0 aromatic carbocycles. The third kappa shape index (κ3) is 1.64. The highest BCUT2D eigenvalue weighted by atomic mass is 32.1. The van der Waals surface area contributed by atoms with Crippen LogP contribution in [0.2, 0.25) is 0 Å². The lowest BCUT2D eigenvalue weighted by Gasteiger charge is -2.41. The molecule has 1 saturated heterocycles. The summed E-state index contributed by atoms with van der Waals surface area (Å²) in [6, 6.07) is 2.18. The minimum absolute atomic E-state index is 0.0790. The Kier molecular flexibility index (Phi) is 2.41. The molecule has 0 aliphatic carbocycles. The van der Waals surface area contributed by atoms with Crippen LogP contribution < -0.4 is 5.32 Å². The average Bonchev–Trinajstić information content (AvgIpc) is 2.44. The Morgan fingerprint density at radius 2 is 2.38 bits per heavy atom. The Hall–Kier alpha value is -0.380. The zero-order valence-electron chi connectivity index (χ0n) is 8.09. The van der Waals surface area contributed by atoms with Gasteiger partial charge in [0.15, 0.2) is 0 Å². The van der Waals surface area contributed by atoms with Crippen LogP contribution in [-0.2, 0) is 11.2 Å². The van der Waals surface area contributed by atoms with E-state index in [2.05, 4.69) is 23.7 Å². The maximum Gasteiger partial charge on any atom is 0.0973 e. The molecule has 0 spiro atoms. The van der Waals surface area contributed by atoms with Crippen LogP contribution in [0, 0.1) is 6.92 Å². The Labute approximate surface area is 82.9 Å². The van der Waals surface area contributed by atoms with E-state index in [4.69, 9.17) is 4.74 Å². The Morgan fingerprint density at radius 1 is 1.62 bits per heavy atom. The average molecular weight is 197 g/mol. The van der Waals surface area contributed by atoms with Crippen molar-refractivity contribution < 1.29 is 4.74 Å². The van der Waals surface area contributed by atoms with E-state index in [0.29, 0.717) is 0 Å². The van der Waals surface area contributed by atoms with Crippen LogP contribution in [0.1, 0.15) is 10.4 Å². The molecule has 1 aliphatic heterocycles. The number of methoxy groups -OCH3 is 1. The van der Waals surface area contributed by atoms with Gasteiger partial charge in [-0.3, -0.25) is 0 Å². The highest BCUT2D eigenvalue weighted by molar-refractivity contribution is 7.10. The molecule has 2 rings (SSSR count). The van der Waals surface area contributed by atoms with Crippen molar-refractivity contribution in [2.24, 2.45) is 0 Å². The Morgan fingerprint density at radius 3 is 2.77 bits per heavy atom. The molecule has 0 saturated carbocycles. The molecule has 13 heavy (non-hydrogen) atoms. The van der Waals surface area contributed by atoms with Crippen LogP contribution in [0.5, 0.6) is 0 Å². The molecule has 0 atom stereocenters. The van der Waals surface area contributed by atoms with E-state index in [1.165, 1.54) is 10.4 Å². The van der Waals surface area contributed by atoms with Crippen molar-refractivity contribution in [3.05, 3.63) is 21.9 Å². The van der Waals surface area contributed by atoms with Gasteiger partial charge in [-0.05, 0) is 23.9 Å². The van der Waals surface area contributed by atoms with Crippen LogP contribution >= 0.6 is 11.3 Å². The lowest BCUT2D eigenvalue weighted by Crippen LogP contribution is -2.61. The molecule has 0 radical (unpaired) electrons. The third-order valence-electron chi connectivity index (χ3n) is 2.78. The quantitative estimate of drug-likeness (QED) is 0.794. The predicted octanol–water partition coefficient (Wildman–Crippen LogP) is 1.59. The molecular formula is C10H15NOS. The van der Waals surface area contributed by atoms with Crippen molar-refractivity contribution in [3.8, 4) is 0 Å². The second kappa shape index (κ2) is 3.40. The first-order chi connectivity index (χ1) is 6.26. The number of aryl methyl sites for hydroxylation is 1. The molecule has 1 aliphatic rings. The summed E-state index contributed by atoms with van der Waals surface area (Å²) in [4.78, 5) is 1.46. The van der Waals surface area contributed by atoms with Crippen molar-refractivity contribution >= 4 is 11.3 Å². The summed E-state index contributed by atoms with van der Waals surface area (Å²) in [6.45, 7) is 4.14. The second-order valence-corrected chi connectivity index (χ2v) is 4.69. The number of hydrogen-bond donors (Lipinski definition) is 1. The van der Waals surface area contributed by atoms with Gasteiger partial charge in [-0.25, -0.2) is 0 Å². The number of nitrogens with one attached hydrogen (secondary N) is 1. The molecule has 0 unspecified atom stereocenters. The summed E-state index contributed by atoms with van der Waals surface area (Å²) >= 11 is 1.83. The number of hydrogen-bond acceptors (Lipinski definition) is 3. The van der Waals surface area contributed by atoms with Gasteiger partial charge in [-0.15, -0.1) is 11.3 Å². The number of ether oxygens (including phenoxy) is 1. The molecule has 3 heteroatoms. The van der Waals surface area contributed by atoms with Gasteiger partial charge < -0.3 is 10.1 Å². The fourth-order valence-electron chi connectivity index (χ4n) is 1.62. The van der Waals surface area contributed by atoms with Gasteiger partial charge in [0.1, 0.15) is 0 Å². The predicted molar refractivity (Wildman–Crippen MR) is 55.4 cm³/mol. The lowest BCUT2D eigenvalue weighted by molar-refractivity contribution is -0.0497. The maximum absolute atomic E-state index is 5.55. The largest absolute Gasteiger partial charge is 0.375 e. The molecule has 2 heterocycles. The molecule has 72 valence electrons. The van der Waals surface area contributed by atoms with Crippen molar-refractivity contribution in [1.29, 1.82) is 0 Å². The van der Waals surface area contributed by atoms with Crippen molar-refractivity contribution in [3.63, 3.8) is 0 Å². The first-order valence-corrected chi connectivity index (χ1v) is 5.43. The van der Waals surface area contributed by atoms with E-state index < -0.39 is 0 Å². The Bertz CT molecular complexity index is 285. The highest BCUT2D eigenvalue weighted by Gasteiger charge is 2.37. The third-order valence-corrected chi connectivity index (χ3v) is 3.80. The molecular weight excluding hydrogens is 182 g/mol. The summed E-state index contributed by atoms with van der Waals surface area (Å²) in [5, 5.41) is 5.42. The van der Waals surface area contributed by atoms with Gasteiger partial charge in [0.05, 0.1) is 5.60 Å². The van der Waals surface area contributed by atoms with E-state index in [-0.39, 0.29) is 5.60 Å². The first kappa shape index (κ1) is 9.19. The van der Waals surface area contributed by atoms with E-state index in [9.17, 15) is 0 Å².